The molecule has 7 atom stereocenters. The minimum Gasteiger partial charge on any atom is -0.394 e. The molecule has 1 aliphatic heterocycles. The molecule has 1 amide bonds. The second kappa shape index (κ2) is 25.7. The van der Waals surface area contributed by atoms with Gasteiger partial charge in [0.05, 0.1) is 25.4 Å². The van der Waals surface area contributed by atoms with E-state index in [-0.39, 0.29) is 12.5 Å². The van der Waals surface area contributed by atoms with Crippen molar-refractivity contribution in [3.63, 3.8) is 0 Å². The number of carbonyl (C=O) groups excluding carboxylic acids is 1. The summed E-state index contributed by atoms with van der Waals surface area (Å²) < 4.78 is 11.1. The van der Waals surface area contributed by atoms with Gasteiger partial charge in [-0.3, -0.25) is 4.79 Å². The molecule has 0 aromatic heterocycles. The summed E-state index contributed by atoms with van der Waals surface area (Å²) in [6, 6.07) is -0.819. The van der Waals surface area contributed by atoms with E-state index >= 15 is 0 Å². The van der Waals surface area contributed by atoms with E-state index in [1.807, 2.05) is 6.08 Å². The molecule has 6 N–H and O–H groups in total. The van der Waals surface area contributed by atoms with Crippen molar-refractivity contribution >= 4 is 5.91 Å². The van der Waals surface area contributed by atoms with Crippen molar-refractivity contribution in [2.24, 2.45) is 0 Å². The lowest BCUT2D eigenvalue weighted by molar-refractivity contribution is -0.302. The Balaban J connectivity index is 2.59. The van der Waals surface area contributed by atoms with Crippen LogP contribution in [0.2, 0.25) is 0 Å². The molecule has 1 fully saturated rings. The summed E-state index contributed by atoms with van der Waals surface area (Å²) in [6.45, 7) is 3.60. The molecule has 0 bridgehead atoms. The van der Waals surface area contributed by atoms with E-state index in [0.717, 1.165) is 57.8 Å². The Hall–Kier alpha value is -1.59. The van der Waals surface area contributed by atoms with Crippen LogP contribution in [0, 0.1) is 0 Å². The Labute approximate surface area is 260 Å². The van der Waals surface area contributed by atoms with E-state index in [0.29, 0.717) is 6.42 Å². The molecule has 0 spiro atoms. The van der Waals surface area contributed by atoms with E-state index in [1.54, 1.807) is 6.08 Å². The van der Waals surface area contributed by atoms with Crippen LogP contribution in [0.4, 0.5) is 0 Å². The third-order valence-corrected chi connectivity index (χ3v) is 7.68. The van der Waals surface area contributed by atoms with Crippen molar-refractivity contribution in [2.75, 3.05) is 13.2 Å². The Kier molecular flexibility index (Phi) is 23.6. The van der Waals surface area contributed by atoms with Crippen LogP contribution in [0.1, 0.15) is 117 Å². The molecular formula is C34H61NO8. The largest absolute Gasteiger partial charge is 0.394 e. The number of unbranched alkanes of at least 4 members (excludes halogenated alkanes) is 11. The third-order valence-electron chi connectivity index (χ3n) is 7.68. The van der Waals surface area contributed by atoms with E-state index in [1.165, 1.54) is 38.5 Å². The second-order valence-corrected chi connectivity index (χ2v) is 11.6. The molecule has 0 aliphatic carbocycles. The van der Waals surface area contributed by atoms with Crippen molar-refractivity contribution in [3.05, 3.63) is 36.5 Å². The van der Waals surface area contributed by atoms with Gasteiger partial charge in [-0.05, 0) is 38.5 Å². The van der Waals surface area contributed by atoms with Crippen molar-refractivity contribution < 1.29 is 39.8 Å². The molecule has 0 aromatic rings. The fraction of sp³-hybridized carbons (Fsp3) is 0.794. The maximum Gasteiger partial charge on any atom is 0.220 e. The maximum atomic E-state index is 12.7. The lowest BCUT2D eigenvalue weighted by atomic mass is 9.99. The van der Waals surface area contributed by atoms with Crippen LogP contribution in [-0.2, 0) is 14.3 Å². The van der Waals surface area contributed by atoms with E-state index in [4.69, 9.17) is 9.47 Å². The summed E-state index contributed by atoms with van der Waals surface area (Å²) in [5.41, 5.74) is 0. The number of hydrogen-bond acceptors (Lipinski definition) is 8. The summed E-state index contributed by atoms with van der Waals surface area (Å²) in [6.07, 6.45) is 20.6. The van der Waals surface area contributed by atoms with Gasteiger partial charge >= 0.3 is 0 Å². The van der Waals surface area contributed by atoms with Gasteiger partial charge in [-0.25, -0.2) is 0 Å². The van der Waals surface area contributed by atoms with Gasteiger partial charge in [0, 0.05) is 6.42 Å². The highest BCUT2D eigenvalue weighted by molar-refractivity contribution is 5.76. The predicted octanol–water partition coefficient (Wildman–Crippen LogP) is 4.60. The molecule has 0 saturated carbocycles. The summed E-state index contributed by atoms with van der Waals surface area (Å²) in [4.78, 5) is 12.7. The van der Waals surface area contributed by atoms with Gasteiger partial charge in [0.1, 0.15) is 24.4 Å². The molecule has 0 aromatic carbocycles. The number of carbonyl (C=O) groups is 1. The number of hydrogen-bond donors (Lipinski definition) is 6. The number of allylic oxidation sites excluding steroid dienone is 5. The zero-order valence-electron chi connectivity index (χ0n) is 26.7. The van der Waals surface area contributed by atoms with Gasteiger partial charge in [-0.15, -0.1) is 0 Å². The lowest BCUT2D eigenvalue weighted by Gasteiger charge is -2.40. The quantitative estimate of drug-likeness (QED) is 0.0648. The summed E-state index contributed by atoms with van der Waals surface area (Å²) in [5, 5.41) is 53.5. The molecule has 1 aliphatic rings. The number of aliphatic hydroxyl groups excluding tert-OH is 5. The first-order valence-corrected chi connectivity index (χ1v) is 16.7. The molecule has 43 heavy (non-hydrogen) atoms. The zero-order chi connectivity index (χ0) is 31.7. The van der Waals surface area contributed by atoms with Crippen molar-refractivity contribution in [1.29, 1.82) is 0 Å². The smallest absolute Gasteiger partial charge is 0.220 e. The molecule has 9 heteroatoms. The Morgan fingerprint density at radius 1 is 0.767 bits per heavy atom. The molecular weight excluding hydrogens is 550 g/mol. The van der Waals surface area contributed by atoms with Crippen molar-refractivity contribution in [1.82, 2.24) is 5.32 Å². The number of amides is 1. The maximum absolute atomic E-state index is 12.7. The van der Waals surface area contributed by atoms with E-state index < -0.39 is 49.5 Å². The summed E-state index contributed by atoms with van der Waals surface area (Å²) in [7, 11) is 0. The molecule has 1 heterocycles. The van der Waals surface area contributed by atoms with Gasteiger partial charge in [-0.1, -0.05) is 108 Å². The summed E-state index contributed by atoms with van der Waals surface area (Å²) in [5.74, 6) is -0.200. The number of aliphatic hydroxyl groups is 5. The number of rotatable bonds is 25. The van der Waals surface area contributed by atoms with Gasteiger partial charge in [-0.2, -0.15) is 0 Å². The number of ether oxygens (including phenoxy) is 2. The first-order valence-electron chi connectivity index (χ1n) is 16.7. The first-order chi connectivity index (χ1) is 20.8. The fourth-order valence-electron chi connectivity index (χ4n) is 4.90. The van der Waals surface area contributed by atoms with Crippen LogP contribution in [0.15, 0.2) is 36.5 Å². The van der Waals surface area contributed by atoms with E-state index in [9.17, 15) is 30.3 Å². The SMILES string of the molecule is CCC/C=C/CC/C=C/CC/C=C/C(O)C(COC1OC(CO)C(O)C(O)C1O)NC(=O)CCCCCCCCCCC. The molecule has 0 radical (unpaired) electrons. The average Bonchev–Trinajstić information content (AvgIpc) is 3.00. The van der Waals surface area contributed by atoms with Crippen molar-refractivity contribution in [3.8, 4) is 0 Å². The molecule has 9 nitrogen and oxygen atoms in total. The highest BCUT2D eigenvalue weighted by Gasteiger charge is 2.44. The van der Waals surface area contributed by atoms with E-state index in [2.05, 4.69) is 43.5 Å². The van der Waals surface area contributed by atoms with Gasteiger partial charge < -0.3 is 40.3 Å². The van der Waals surface area contributed by atoms with Crippen LogP contribution in [0.5, 0.6) is 0 Å². The van der Waals surface area contributed by atoms with Gasteiger partial charge in [0.25, 0.3) is 0 Å². The fourth-order valence-corrected chi connectivity index (χ4v) is 4.90. The van der Waals surface area contributed by atoms with Crippen LogP contribution >= 0.6 is 0 Å². The highest BCUT2D eigenvalue weighted by atomic mass is 16.7. The lowest BCUT2D eigenvalue weighted by Crippen LogP contribution is -2.60. The number of nitrogens with one attached hydrogen (secondary N) is 1. The molecule has 1 rings (SSSR count). The van der Waals surface area contributed by atoms with Gasteiger partial charge in [0.2, 0.25) is 5.91 Å². The third kappa shape index (κ3) is 18.1. The minimum absolute atomic E-state index is 0.200. The van der Waals surface area contributed by atoms with Crippen LogP contribution < -0.4 is 5.32 Å². The highest BCUT2D eigenvalue weighted by Crippen LogP contribution is 2.22. The predicted molar refractivity (Wildman–Crippen MR) is 170 cm³/mol. The Bertz CT molecular complexity index is 771. The molecule has 250 valence electrons. The normalized spacial score (nSPS) is 24.3. The Morgan fingerprint density at radius 3 is 1.91 bits per heavy atom. The van der Waals surface area contributed by atoms with Crippen LogP contribution in [-0.4, -0.2) is 87.5 Å². The molecule has 1 saturated heterocycles. The van der Waals surface area contributed by atoms with Gasteiger partial charge in [0.15, 0.2) is 6.29 Å². The monoisotopic (exact) mass is 611 g/mol. The second-order valence-electron chi connectivity index (χ2n) is 11.6. The van der Waals surface area contributed by atoms with Crippen LogP contribution in [0.3, 0.4) is 0 Å². The van der Waals surface area contributed by atoms with Crippen LogP contribution in [0.25, 0.3) is 0 Å². The minimum atomic E-state index is -1.57. The zero-order valence-corrected chi connectivity index (χ0v) is 26.7. The first kappa shape index (κ1) is 39.4. The standard InChI is InChI=1S/C34H61NO8/c1-3-5-7-9-11-13-14-16-17-19-21-23-28(37)27(26-42-34-33(41)32(40)31(39)29(25-36)43-34)35-30(38)24-22-20-18-15-12-10-8-6-4-2/h7,9,14,16,21,23,27-29,31-34,36-37,39-41H,3-6,8,10-13,15,17-20,22,24-26H2,1-2H3,(H,35,38)/b9-7+,16-14+,23-21+. The topological polar surface area (TPSA) is 149 Å². The summed E-state index contributed by atoms with van der Waals surface area (Å²) >= 11 is 0. The average molecular weight is 612 g/mol. The van der Waals surface area contributed by atoms with Crippen molar-refractivity contribution in [2.45, 2.75) is 159 Å². The molecule has 7 unspecified atom stereocenters. The Morgan fingerprint density at radius 2 is 1.33 bits per heavy atom.